The first kappa shape index (κ1) is 26.0. The number of alkyl halides is 2. The molecule has 0 aromatic heterocycles. The Bertz CT molecular complexity index is 1280. The van der Waals surface area contributed by atoms with Crippen molar-refractivity contribution < 1.29 is 28.0 Å². The minimum Gasteiger partial charge on any atom is -0.393 e. The molecule has 2 aromatic carbocycles. The number of fused-ring (bicyclic) bond motifs is 1. The predicted octanol–water partition coefficient (Wildman–Crippen LogP) is 0.433. The summed E-state index contributed by atoms with van der Waals surface area (Å²) in [6.07, 6.45) is 0.0795. The number of imide groups is 1. The maximum Gasteiger partial charge on any atom is 0.348 e. The van der Waals surface area contributed by atoms with Gasteiger partial charge in [-0.05, 0) is 29.7 Å². The maximum atomic E-state index is 14.8. The van der Waals surface area contributed by atoms with E-state index in [1.807, 2.05) is 0 Å². The van der Waals surface area contributed by atoms with Crippen LogP contribution in [0.3, 0.4) is 0 Å². The van der Waals surface area contributed by atoms with E-state index in [0.29, 0.717) is 0 Å². The highest BCUT2D eigenvalue weighted by atomic mass is 35.5. The number of hydrogen-bond acceptors (Lipinski definition) is 4. The van der Waals surface area contributed by atoms with E-state index in [0.717, 1.165) is 17.0 Å². The zero-order valence-corrected chi connectivity index (χ0v) is 19.3. The molecule has 2 aliphatic heterocycles. The van der Waals surface area contributed by atoms with Gasteiger partial charge in [0.2, 0.25) is 19.8 Å². The molecule has 1 saturated heterocycles. The zero-order chi connectivity index (χ0) is 26.5. The van der Waals surface area contributed by atoms with E-state index in [-0.39, 0.29) is 44.8 Å². The van der Waals surface area contributed by atoms with Gasteiger partial charge >= 0.3 is 5.92 Å². The molecule has 1 N–H and O–H groups in total. The van der Waals surface area contributed by atoms with Gasteiger partial charge < -0.3 is 9.71 Å². The Hall–Kier alpha value is -3.07. The summed E-state index contributed by atoms with van der Waals surface area (Å²) in [5.74, 6) is -10.3. The van der Waals surface area contributed by atoms with Gasteiger partial charge in [0.15, 0.2) is 0 Å². The molecule has 2 aromatic rings. The Morgan fingerprint density at radius 3 is 2.44 bits per heavy atom. The lowest BCUT2D eigenvalue weighted by atomic mass is 9.76. The SMILES string of the molecule is [B]c1cc(C([B])N([B])C(=O)C(F)(F)c2ccc(Cl)cc2)cc2c1C(=O)N(C1CCC(=O)NC1=O)C2[B]. The second kappa shape index (κ2) is 9.42. The third kappa shape index (κ3) is 4.34. The fraction of sp³-hybridized carbons (Fsp3) is 0.273. The number of hydrogen-bond donors (Lipinski definition) is 1. The van der Waals surface area contributed by atoms with Crippen molar-refractivity contribution in [3.63, 3.8) is 0 Å². The monoisotopic (exact) mass is 501 g/mol. The molecule has 174 valence electrons. The largest absolute Gasteiger partial charge is 0.393 e. The van der Waals surface area contributed by atoms with Gasteiger partial charge in [-0.25, -0.2) is 0 Å². The Morgan fingerprint density at radius 1 is 1.19 bits per heavy atom. The molecule has 36 heavy (non-hydrogen) atoms. The van der Waals surface area contributed by atoms with Gasteiger partial charge in [0.05, 0.1) is 0 Å². The molecular formula is C22H14B4ClF2N3O4. The molecule has 3 atom stereocenters. The van der Waals surface area contributed by atoms with Crippen molar-refractivity contribution in [1.29, 1.82) is 0 Å². The van der Waals surface area contributed by atoms with Gasteiger partial charge in [-0.2, -0.15) is 8.78 Å². The Labute approximate surface area is 215 Å². The minimum atomic E-state index is -4.02. The molecule has 0 spiro atoms. The summed E-state index contributed by atoms with van der Waals surface area (Å²) in [6, 6.07) is 5.90. The topological polar surface area (TPSA) is 86.8 Å². The first-order valence-electron chi connectivity index (χ1n) is 10.7. The normalized spacial score (nSPS) is 20.6. The number of carbonyl (C=O) groups is 4. The number of amides is 4. The van der Waals surface area contributed by atoms with Crippen LogP contribution in [0, 0.1) is 0 Å². The third-order valence-corrected chi connectivity index (χ3v) is 6.44. The average Bonchev–Trinajstić information content (AvgIpc) is 3.08. The number of halogens is 3. The summed E-state index contributed by atoms with van der Waals surface area (Å²) in [7, 11) is 24.0. The smallest absolute Gasteiger partial charge is 0.348 e. The number of piperidine rings is 1. The fourth-order valence-electron chi connectivity index (χ4n) is 4.28. The molecule has 2 heterocycles. The van der Waals surface area contributed by atoms with E-state index in [2.05, 4.69) is 5.32 Å². The molecule has 3 unspecified atom stereocenters. The van der Waals surface area contributed by atoms with Crippen LogP contribution in [0.4, 0.5) is 8.78 Å². The third-order valence-electron chi connectivity index (χ3n) is 6.19. The van der Waals surface area contributed by atoms with Crippen LogP contribution >= 0.6 is 11.6 Å². The van der Waals surface area contributed by atoms with Crippen molar-refractivity contribution in [3.05, 3.63) is 63.7 Å². The molecule has 0 bridgehead atoms. The van der Waals surface area contributed by atoms with Crippen molar-refractivity contribution in [2.45, 2.75) is 36.7 Å². The summed E-state index contributed by atoms with van der Waals surface area (Å²) in [5.41, 5.74) is -0.536. The van der Waals surface area contributed by atoms with Crippen LogP contribution in [0.5, 0.6) is 0 Å². The number of nitrogens with one attached hydrogen (secondary N) is 1. The van der Waals surface area contributed by atoms with Crippen LogP contribution < -0.4 is 10.8 Å². The quantitative estimate of drug-likeness (QED) is 0.476. The van der Waals surface area contributed by atoms with Gasteiger partial charge in [-0.15, -0.1) is 0 Å². The van der Waals surface area contributed by atoms with Crippen molar-refractivity contribution >= 4 is 72.2 Å². The fourth-order valence-corrected chi connectivity index (χ4v) is 4.41. The standard InChI is InChI=1S/C22H14B4ClF2N3O4/c23-13-8-9(17(24)32(26)21(36)22(28,29)10-1-3-11(27)4-2-10)7-12-16(13)20(35)31(18(12)25)14-5-6-15(33)30-19(14)34/h1-4,7-8,14,17-18H,5-6H2,(H,30,33,34). The minimum absolute atomic E-state index is 0.00421. The lowest BCUT2D eigenvalue weighted by Crippen LogP contribution is -2.53. The predicted molar refractivity (Wildman–Crippen MR) is 129 cm³/mol. The van der Waals surface area contributed by atoms with Crippen LogP contribution in [0.25, 0.3) is 0 Å². The summed E-state index contributed by atoms with van der Waals surface area (Å²) < 4.78 is 29.6. The Kier molecular flexibility index (Phi) is 6.81. The number of nitrogens with zero attached hydrogens (tertiary/aromatic N) is 2. The molecule has 14 heteroatoms. The molecule has 1 fully saturated rings. The number of benzene rings is 2. The van der Waals surface area contributed by atoms with Crippen molar-refractivity contribution in [3.8, 4) is 0 Å². The van der Waals surface area contributed by atoms with Crippen LogP contribution in [0.1, 0.15) is 51.8 Å². The molecule has 0 aliphatic carbocycles. The van der Waals surface area contributed by atoms with Crippen molar-refractivity contribution in [1.82, 2.24) is 15.0 Å². The second-order valence-electron chi connectivity index (χ2n) is 8.44. The van der Waals surface area contributed by atoms with E-state index in [9.17, 15) is 28.0 Å². The highest BCUT2D eigenvalue weighted by Crippen LogP contribution is 2.37. The molecule has 2 aliphatic rings. The highest BCUT2D eigenvalue weighted by molar-refractivity contribution is 6.38. The summed E-state index contributed by atoms with van der Waals surface area (Å²) >= 11 is 5.72. The summed E-state index contributed by atoms with van der Waals surface area (Å²) in [4.78, 5) is 50.7. The van der Waals surface area contributed by atoms with E-state index in [1.165, 1.54) is 24.3 Å². The average molecular weight is 501 g/mol. The summed E-state index contributed by atoms with van der Waals surface area (Å²) in [5, 5.41) is 2.36. The van der Waals surface area contributed by atoms with E-state index >= 15 is 0 Å². The summed E-state index contributed by atoms with van der Waals surface area (Å²) in [6.45, 7) is 0. The van der Waals surface area contributed by atoms with Gasteiger partial charge in [0.1, 0.15) is 29.6 Å². The number of rotatable bonds is 5. The zero-order valence-electron chi connectivity index (χ0n) is 18.6. The van der Waals surface area contributed by atoms with Gasteiger partial charge in [0.25, 0.3) is 11.8 Å². The van der Waals surface area contributed by atoms with Crippen LogP contribution in [0.2, 0.25) is 5.02 Å². The first-order valence-corrected chi connectivity index (χ1v) is 11.1. The van der Waals surface area contributed by atoms with E-state index < -0.39 is 53.0 Å². The highest BCUT2D eigenvalue weighted by Gasteiger charge is 2.45. The lowest BCUT2D eigenvalue weighted by molar-refractivity contribution is -0.154. The van der Waals surface area contributed by atoms with Gasteiger partial charge in [0, 0.05) is 34.5 Å². The van der Waals surface area contributed by atoms with Gasteiger partial charge in [-0.3, -0.25) is 24.5 Å². The Balaban J connectivity index is 1.61. The van der Waals surface area contributed by atoms with Crippen LogP contribution in [-0.2, 0) is 20.3 Å². The Morgan fingerprint density at radius 2 is 1.83 bits per heavy atom. The molecule has 4 amide bonds. The van der Waals surface area contributed by atoms with E-state index in [1.54, 1.807) is 0 Å². The second-order valence-corrected chi connectivity index (χ2v) is 8.87. The van der Waals surface area contributed by atoms with E-state index in [4.69, 9.17) is 43.1 Å². The molecule has 0 saturated carbocycles. The molecule has 4 rings (SSSR count). The lowest BCUT2D eigenvalue weighted by Gasteiger charge is -2.33. The maximum absolute atomic E-state index is 14.8. The molecular weight excluding hydrogens is 487 g/mol. The van der Waals surface area contributed by atoms with Gasteiger partial charge in [-0.1, -0.05) is 41.3 Å². The van der Waals surface area contributed by atoms with Crippen LogP contribution in [0.15, 0.2) is 36.4 Å². The molecule has 8 radical (unpaired) electrons. The van der Waals surface area contributed by atoms with Crippen LogP contribution in [-0.4, -0.2) is 70.9 Å². The van der Waals surface area contributed by atoms with Crippen molar-refractivity contribution in [2.24, 2.45) is 0 Å². The number of carbonyl (C=O) groups excluding carboxylic acids is 4. The first-order chi connectivity index (χ1) is 16.8. The van der Waals surface area contributed by atoms with Crippen molar-refractivity contribution in [2.75, 3.05) is 0 Å². The molecule has 7 nitrogen and oxygen atoms in total.